The highest BCUT2D eigenvalue weighted by molar-refractivity contribution is 5.25. The highest BCUT2D eigenvalue weighted by Gasteiger charge is 2.12. The van der Waals surface area contributed by atoms with Gasteiger partial charge >= 0.3 is 0 Å². The van der Waals surface area contributed by atoms with E-state index >= 15 is 0 Å². The number of methoxy groups -OCH3 is 1. The molecule has 1 saturated heterocycles. The third kappa shape index (κ3) is 3.16. The Morgan fingerprint density at radius 2 is 2.14 bits per heavy atom. The molecule has 0 aromatic carbocycles. The van der Waals surface area contributed by atoms with E-state index in [0.29, 0.717) is 6.61 Å². The Hall–Kier alpha value is -0.800. The molecule has 1 heterocycles. The second-order valence-corrected chi connectivity index (χ2v) is 3.39. The van der Waals surface area contributed by atoms with Crippen LogP contribution in [0.5, 0.6) is 0 Å². The molecule has 0 aliphatic carbocycles. The van der Waals surface area contributed by atoms with Gasteiger partial charge in [-0.3, -0.25) is 0 Å². The Bertz CT molecular complexity index is 217. The van der Waals surface area contributed by atoms with Crippen LogP contribution in [0.1, 0.15) is 6.92 Å². The van der Waals surface area contributed by atoms with E-state index < -0.39 is 0 Å². The minimum atomic E-state index is 0.648. The van der Waals surface area contributed by atoms with Crippen LogP contribution in [0.25, 0.3) is 0 Å². The summed E-state index contributed by atoms with van der Waals surface area (Å²) >= 11 is 0. The molecular formula is C11H19NO2. The number of morpholine rings is 1. The maximum Gasteiger partial charge on any atom is 0.0649 e. The second-order valence-electron chi connectivity index (χ2n) is 3.39. The summed E-state index contributed by atoms with van der Waals surface area (Å²) in [5, 5.41) is 0. The molecule has 3 nitrogen and oxygen atoms in total. The van der Waals surface area contributed by atoms with Gasteiger partial charge in [-0.1, -0.05) is 12.7 Å². The van der Waals surface area contributed by atoms with E-state index in [-0.39, 0.29) is 0 Å². The molecule has 0 unspecified atom stereocenters. The van der Waals surface area contributed by atoms with Gasteiger partial charge in [0.2, 0.25) is 0 Å². The van der Waals surface area contributed by atoms with Gasteiger partial charge < -0.3 is 14.4 Å². The number of hydrogen-bond donors (Lipinski definition) is 0. The first-order valence-electron chi connectivity index (χ1n) is 4.93. The summed E-state index contributed by atoms with van der Waals surface area (Å²) in [6, 6.07) is 0. The zero-order valence-electron chi connectivity index (χ0n) is 9.08. The molecule has 0 amide bonds. The van der Waals surface area contributed by atoms with Crippen LogP contribution in [0, 0.1) is 0 Å². The van der Waals surface area contributed by atoms with Gasteiger partial charge in [0, 0.05) is 25.9 Å². The van der Waals surface area contributed by atoms with Crippen LogP contribution in [0.3, 0.4) is 0 Å². The largest absolute Gasteiger partial charge is 0.381 e. The van der Waals surface area contributed by atoms with Crippen molar-refractivity contribution in [2.45, 2.75) is 6.92 Å². The van der Waals surface area contributed by atoms with Crippen LogP contribution in [0.15, 0.2) is 23.9 Å². The lowest BCUT2D eigenvalue weighted by molar-refractivity contribution is 0.0549. The summed E-state index contributed by atoms with van der Waals surface area (Å²) in [4.78, 5) is 2.25. The summed E-state index contributed by atoms with van der Waals surface area (Å²) < 4.78 is 10.3. The highest BCUT2D eigenvalue weighted by atomic mass is 16.5. The van der Waals surface area contributed by atoms with Gasteiger partial charge in [-0.2, -0.15) is 0 Å². The molecule has 0 spiro atoms. The van der Waals surface area contributed by atoms with Crippen LogP contribution in [-0.4, -0.2) is 44.9 Å². The van der Waals surface area contributed by atoms with Crippen molar-refractivity contribution < 1.29 is 9.47 Å². The molecular weight excluding hydrogens is 178 g/mol. The number of ether oxygens (including phenoxy) is 2. The molecule has 0 aromatic rings. The molecule has 1 aliphatic rings. The van der Waals surface area contributed by atoms with E-state index in [1.807, 2.05) is 0 Å². The standard InChI is InChI=1S/C11H19NO2/c1-10(4-7-13-3)11(2)12-5-8-14-9-6-12/h4H,2,5-9H2,1,3H3. The van der Waals surface area contributed by atoms with Crippen LogP contribution in [0.2, 0.25) is 0 Å². The molecule has 0 atom stereocenters. The number of rotatable bonds is 4. The third-order valence-corrected chi connectivity index (χ3v) is 2.40. The quantitative estimate of drug-likeness (QED) is 0.636. The maximum atomic E-state index is 5.28. The van der Waals surface area contributed by atoms with Gasteiger partial charge in [-0.25, -0.2) is 0 Å². The molecule has 1 rings (SSSR count). The number of nitrogens with zero attached hydrogens (tertiary/aromatic N) is 1. The minimum absolute atomic E-state index is 0.648. The fourth-order valence-corrected chi connectivity index (χ4v) is 1.41. The van der Waals surface area contributed by atoms with Gasteiger partial charge in [0.05, 0.1) is 19.8 Å². The van der Waals surface area contributed by atoms with E-state index in [1.54, 1.807) is 7.11 Å². The monoisotopic (exact) mass is 197 g/mol. The summed E-state index contributed by atoms with van der Waals surface area (Å²) in [5.41, 5.74) is 2.28. The molecule has 0 N–H and O–H groups in total. The van der Waals surface area contributed by atoms with Crippen molar-refractivity contribution in [3.8, 4) is 0 Å². The van der Waals surface area contributed by atoms with Gasteiger partial charge in [-0.05, 0) is 12.5 Å². The molecule has 0 radical (unpaired) electrons. The first-order valence-corrected chi connectivity index (χ1v) is 4.93. The first-order chi connectivity index (χ1) is 6.75. The third-order valence-electron chi connectivity index (χ3n) is 2.40. The molecule has 1 aliphatic heterocycles. The molecule has 3 heteroatoms. The SMILES string of the molecule is C=C(C(C)=CCOC)N1CCOCC1. The fourth-order valence-electron chi connectivity index (χ4n) is 1.41. The van der Waals surface area contributed by atoms with Crippen molar-refractivity contribution in [1.29, 1.82) is 0 Å². The van der Waals surface area contributed by atoms with Crippen LogP contribution >= 0.6 is 0 Å². The van der Waals surface area contributed by atoms with Crippen molar-refractivity contribution in [2.75, 3.05) is 40.0 Å². The Kier molecular flexibility index (Phi) is 4.70. The van der Waals surface area contributed by atoms with Crippen LogP contribution in [-0.2, 0) is 9.47 Å². The van der Waals surface area contributed by atoms with E-state index in [0.717, 1.165) is 32.0 Å². The minimum Gasteiger partial charge on any atom is -0.381 e. The van der Waals surface area contributed by atoms with Crippen LogP contribution in [0.4, 0.5) is 0 Å². The van der Waals surface area contributed by atoms with Gasteiger partial charge in [-0.15, -0.1) is 0 Å². The summed E-state index contributed by atoms with van der Waals surface area (Å²) in [6.45, 7) is 10.3. The average molecular weight is 197 g/mol. The molecule has 14 heavy (non-hydrogen) atoms. The Balaban J connectivity index is 2.46. The van der Waals surface area contributed by atoms with E-state index in [9.17, 15) is 0 Å². The first kappa shape index (κ1) is 11.3. The van der Waals surface area contributed by atoms with Gasteiger partial charge in [0.1, 0.15) is 0 Å². The molecule has 0 saturated carbocycles. The zero-order chi connectivity index (χ0) is 10.4. The van der Waals surface area contributed by atoms with Crippen molar-refractivity contribution in [2.24, 2.45) is 0 Å². The van der Waals surface area contributed by atoms with Crippen LogP contribution < -0.4 is 0 Å². The molecule has 1 fully saturated rings. The lowest BCUT2D eigenvalue weighted by Gasteiger charge is -2.30. The van der Waals surface area contributed by atoms with Crippen molar-refractivity contribution in [1.82, 2.24) is 4.90 Å². The summed E-state index contributed by atoms with van der Waals surface area (Å²) in [6.07, 6.45) is 2.05. The fraction of sp³-hybridized carbons (Fsp3) is 0.636. The van der Waals surface area contributed by atoms with Crippen molar-refractivity contribution in [3.63, 3.8) is 0 Å². The topological polar surface area (TPSA) is 21.7 Å². The van der Waals surface area contributed by atoms with E-state index in [2.05, 4.69) is 24.5 Å². The lowest BCUT2D eigenvalue weighted by Crippen LogP contribution is -2.35. The summed E-state index contributed by atoms with van der Waals surface area (Å²) in [7, 11) is 1.70. The average Bonchev–Trinajstić information content (AvgIpc) is 2.26. The molecule has 0 aromatic heterocycles. The van der Waals surface area contributed by atoms with Gasteiger partial charge in [0.25, 0.3) is 0 Å². The van der Waals surface area contributed by atoms with Crippen molar-refractivity contribution in [3.05, 3.63) is 23.9 Å². The second kappa shape index (κ2) is 5.83. The maximum absolute atomic E-state index is 5.28. The number of allylic oxidation sites excluding steroid dienone is 1. The predicted octanol–water partition coefficient (Wildman–Crippen LogP) is 1.43. The predicted molar refractivity (Wildman–Crippen MR) is 57.2 cm³/mol. The molecule has 0 bridgehead atoms. The lowest BCUT2D eigenvalue weighted by atomic mass is 10.2. The summed E-state index contributed by atoms with van der Waals surface area (Å²) in [5.74, 6) is 0. The Labute approximate surface area is 86.0 Å². The number of hydrogen-bond acceptors (Lipinski definition) is 3. The van der Waals surface area contributed by atoms with E-state index in [1.165, 1.54) is 5.57 Å². The molecule has 80 valence electrons. The van der Waals surface area contributed by atoms with E-state index in [4.69, 9.17) is 9.47 Å². The Morgan fingerprint density at radius 1 is 1.50 bits per heavy atom. The van der Waals surface area contributed by atoms with Gasteiger partial charge in [0.15, 0.2) is 0 Å². The Morgan fingerprint density at radius 3 is 2.71 bits per heavy atom. The highest BCUT2D eigenvalue weighted by Crippen LogP contribution is 2.14. The smallest absolute Gasteiger partial charge is 0.0649 e. The van der Waals surface area contributed by atoms with Crippen molar-refractivity contribution >= 4 is 0 Å². The normalized spacial score (nSPS) is 18.4. The zero-order valence-corrected chi connectivity index (χ0v) is 9.08.